The Morgan fingerprint density at radius 1 is 1.30 bits per heavy atom. The molecule has 1 unspecified atom stereocenters. The fourth-order valence-corrected chi connectivity index (χ4v) is 2.91. The average molecular weight is 287 g/mol. The molecule has 0 aliphatic carbocycles. The molecule has 0 aliphatic heterocycles. The molecule has 2 rings (SSSR count). The molecule has 0 aliphatic rings. The Bertz CT molecular complexity index is 584. The summed E-state index contributed by atoms with van der Waals surface area (Å²) in [6.07, 6.45) is 1.94. The molecule has 20 heavy (non-hydrogen) atoms. The van der Waals surface area contributed by atoms with Gasteiger partial charge in [-0.05, 0) is 40.0 Å². The fourth-order valence-electron chi connectivity index (χ4n) is 2.03. The first-order valence-corrected chi connectivity index (χ1v) is 7.78. The number of benzene rings is 1. The first-order chi connectivity index (χ1) is 9.60. The lowest BCUT2D eigenvalue weighted by Gasteiger charge is -2.13. The maximum atomic E-state index is 4.61. The number of nitrogens with one attached hydrogen (secondary N) is 1. The van der Waals surface area contributed by atoms with Crippen LogP contribution >= 0.6 is 11.8 Å². The number of aryl methyl sites for hydroxylation is 2. The number of thioether (sulfide) groups is 1. The van der Waals surface area contributed by atoms with Crippen LogP contribution in [0.3, 0.4) is 0 Å². The van der Waals surface area contributed by atoms with E-state index in [9.17, 15) is 0 Å². The standard InChI is InChI=1S/C16H21N3S/c1-11-6-5-7-14(8-11)20-10-16-18-9-15(12(2)17-4)13(3)19-16/h5-9,12,17H,10H2,1-4H3. The molecular weight excluding hydrogens is 266 g/mol. The smallest absolute Gasteiger partial charge is 0.138 e. The molecular formula is C16H21N3S. The van der Waals surface area contributed by atoms with Crippen molar-refractivity contribution in [1.29, 1.82) is 0 Å². The molecule has 0 amide bonds. The lowest BCUT2D eigenvalue weighted by atomic mass is 10.1. The number of hydrogen-bond acceptors (Lipinski definition) is 4. The number of rotatable bonds is 5. The van der Waals surface area contributed by atoms with Crippen LogP contribution in [0.15, 0.2) is 35.4 Å². The predicted octanol–water partition coefficient (Wildman–Crippen LogP) is 3.67. The monoisotopic (exact) mass is 287 g/mol. The van der Waals surface area contributed by atoms with Gasteiger partial charge in [-0.15, -0.1) is 11.8 Å². The third kappa shape index (κ3) is 3.81. The summed E-state index contributed by atoms with van der Waals surface area (Å²) in [5, 5.41) is 3.22. The second-order valence-electron chi connectivity index (χ2n) is 4.94. The van der Waals surface area contributed by atoms with Gasteiger partial charge in [0.25, 0.3) is 0 Å². The SMILES string of the molecule is CNC(C)c1cnc(CSc2cccc(C)c2)nc1C. The third-order valence-corrected chi connectivity index (χ3v) is 4.31. The first-order valence-electron chi connectivity index (χ1n) is 6.79. The van der Waals surface area contributed by atoms with E-state index >= 15 is 0 Å². The van der Waals surface area contributed by atoms with E-state index in [1.54, 1.807) is 11.8 Å². The van der Waals surface area contributed by atoms with Gasteiger partial charge >= 0.3 is 0 Å². The Labute approximate surface area is 125 Å². The number of hydrogen-bond donors (Lipinski definition) is 1. The van der Waals surface area contributed by atoms with E-state index in [1.807, 2.05) is 20.2 Å². The van der Waals surface area contributed by atoms with Gasteiger partial charge in [0.05, 0.1) is 5.75 Å². The quantitative estimate of drug-likeness (QED) is 0.852. The zero-order chi connectivity index (χ0) is 14.5. The second-order valence-corrected chi connectivity index (χ2v) is 5.99. The summed E-state index contributed by atoms with van der Waals surface area (Å²) in [7, 11) is 1.95. The molecule has 0 bridgehead atoms. The molecule has 0 saturated heterocycles. The molecule has 106 valence electrons. The molecule has 0 fully saturated rings. The normalized spacial score (nSPS) is 12.4. The molecule has 1 N–H and O–H groups in total. The summed E-state index contributed by atoms with van der Waals surface area (Å²) in [5.41, 5.74) is 3.50. The van der Waals surface area contributed by atoms with Gasteiger partial charge in [-0.1, -0.05) is 17.7 Å². The number of nitrogens with zero attached hydrogens (tertiary/aromatic N) is 2. The van der Waals surface area contributed by atoms with Gasteiger partial charge in [0.2, 0.25) is 0 Å². The van der Waals surface area contributed by atoms with Crippen molar-refractivity contribution in [2.75, 3.05) is 7.05 Å². The summed E-state index contributed by atoms with van der Waals surface area (Å²) < 4.78 is 0. The van der Waals surface area contributed by atoms with Crippen molar-refractivity contribution in [3.63, 3.8) is 0 Å². The second kappa shape index (κ2) is 6.86. The van der Waals surface area contributed by atoms with Crippen molar-refractivity contribution in [3.8, 4) is 0 Å². The van der Waals surface area contributed by atoms with Gasteiger partial charge in [-0.2, -0.15) is 0 Å². The first kappa shape index (κ1) is 15.0. The van der Waals surface area contributed by atoms with Crippen molar-refractivity contribution in [2.24, 2.45) is 0 Å². The Kier molecular flexibility index (Phi) is 5.15. The lowest BCUT2D eigenvalue weighted by molar-refractivity contribution is 0.639. The van der Waals surface area contributed by atoms with Crippen LogP contribution in [0, 0.1) is 13.8 Å². The summed E-state index contributed by atoms with van der Waals surface area (Å²) in [5.74, 6) is 1.69. The number of aromatic nitrogens is 2. The van der Waals surface area contributed by atoms with E-state index in [0.29, 0.717) is 0 Å². The zero-order valence-corrected chi connectivity index (χ0v) is 13.3. The van der Waals surface area contributed by atoms with Crippen LogP contribution < -0.4 is 5.32 Å². The summed E-state index contributed by atoms with van der Waals surface area (Å²) >= 11 is 1.78. The Balaban J connectivity index is 2.05. The molecule has 0 spiro atoms. The lowest BCUT2D eigenvalue weighted by Crippen LogP contribution is -2.15. The van der Waals surface area contributed by atoms with Crippen LogP contribution in [-0.2, 0) is 5.75 Å². The maximum absolute atomic E-state index is 4.61. The van der Waals surface area contributed by atoms with Crippen molar-refractivity contribution in [2.45, 2.75) is 37.5 Å². The summed E-state index contributed by atoms with van der Waals surface area (Å²) in [4.78, 5) is 10.3. The van der Waals surface area contributed by atoms with Gasteiger partial charge in [0.15, 0.2) is 0 Å². The van der Waals surface area contributed by atoms with Crippen LogP contribution in [0.4, 0.5) is 0 Å². The average Bonchev–Trinajstić information content (AvgIpc) is 2.44. The van der Waals surface area contributed by atoms with Crippen molar-refractivity contribution in [3.05, 3.63) is 53.1 Å². The molecule has 3 nitrogen and oxygen atoms in total. The largest absolute Gasteiger partial charge is 0.313 e. The van der Waals surface area contributed by atoms with Gasteiger partial charge in [-0.25, -0.2) is 9.97 Å². The van der Waals surface area contributed by atoms with Crippen LogP contribution in [0.25, 0.3) is 0 Å². The zero-order valence-electron chi connectivity index (χ0n) is 12.5. The minimum absolute atomic E-state index is 0.286. The van der Waals surface area contributed by atoms with Crippen LogP contribution in [0.1, 0.15) is 35.6 Å². The van der Waals surface area contributed by atoms with Crippen molar-refractivity contribution in [1.82, 2.24) is 15.3 Å². The van der Waals surface area contributed by atoms with E-state index in [2.05, 4.69) is 53.4 Å². The highest BCUT2D eigenvalue weighted by atomic mass is 32.2. The van der Waals surface area contributed by atoms with Crippen LogP contribution in [0.5, 0.6) is 0 Å². The molecule has 2 aromatic rings. The van der Waals surface area contributed by atoms with Crippen LogP contribution in [0.2, 0.25) is 0 Å². The third-order valence-electron chi connectivity index (χ3n) is 3.32. The van der Waals surface area contributed by atoms with Crippen molar-refractivity contribution >= 4 is 11.8 Å². The minimum Gasteiger partial charge on any atom is -0.313 e. The van der Waals surface area contributed by atoms with E-state index < -0.39 is 0 Å². The van der Waals surface area contributed by atoms with Gasteiger partial charge in [0.1, 0.15) is 5.82 Å². The van der Waals surface area contributed by atoms with Gasteiger partial charge < -0.3 is 5.32 Å². The van der Waals surface area contributed by atoms with E-state index in [0.717, 1.165) is 22.8 Å². The molecule has 0 radical (unpaired) electrons. The minimum atomic E-state index is 0.286. The topological polar surface area (TPSA) is 37.8 Å². The Morgan fingerprint density at radius 2 is 2.10 bits per heavy atom. The molecule has 4 heteroatoms. The highest BCUT2D eigenvalue weighted by molar-refractivity contribution is 7.98. The highest BCUT2D eigenvalue weighted by Gasteiger charge is 2.09. The predicted molar refractivity (Wildman–Crippen MR) is 85.0 cm³/mol. The fraction of sp³-hybridized carbons (Fsp3) is 0.375. The van der Waals surface area contributed by atoms with E-state index in [4.69, 9.17) is 0 Å². The molecule has 1 aromatic heterocycles. The molecule has 1 atom stereocenters. The highest BCUT2D eigenvalue weighted by Crippen LogP contribution is 2.23. The summed E-state index contributed by atoms with van der Waals surface area (Å²) in [6.45, 7) is 6.27. The molecule has 0 saturated carbocycles. The van der Waals surface area contributed by atoms with E-state index in [-0.39, 0.29) is 6.04 Å². The molecule has 1 aromatic carbocycles. The van der Waals surface area contributed by atoms with Gasteiger partial charge in [-0.3, -0.25) is 0 Å². The van der Waals surface area contributed by atoms with Gasteiger partial charge in [0, 0.05) is 28.4 Å². The molecule has 1 heterocycles. The van der Waals surface area contributed by atoms with E-state index in [1.165, 1.54) is 10.5 Å². The maximum Gasteiger partial charge on any atom is 0.138 e. The summed E-state index contributed by atoms with van der Waals surface area (Å²) in [6, 6.07) is 8.80. The Hall–Kier alpha value is -1.39. The van der Waals surface area contributed by atoms with Crippen molar-refractivity contribution < 1.29 is 0 Å². The van der Waals surface area contributed by atoms with Crippen LogP contribution in [-0.4, -0.2) is 17.0 Å². The Morgan fingerprint density at radius 3 is 2.75 bits per heavy atom.